The van der Waals surface area contributed by atoms with Crippen LogP contribution >= 0.6 is 0 Å². The van der Waals surface area contributed by atoms with Crippen LogP contribution in [0.2, 0.25) is 0 Å². The molecular formula is C72H103N17O27. The highest BCUT2D eigenvalue weighted by Crippen LogP contribution is 2.21. The number of carbonyl (C=O) groups excluding carboxylic acids is 15. The van der Waals surface area contributed by atoms with Crippen molar-refractivity contribution in [3.63, 3.8) is 0 Å². The smallest absolute Gasteiger partial charge is 0.326 e. The lowest BCUT2D eigenvalue weighted by Crippen LogP contribution is -2.61. The number of aromatic nitrogens is 1. The number of anilines is 1. The number of nitrogens with one attached hydrogen (secondary N) is 14. The second-order valence-electron chi connectivity index (χ2n) is 27.2. The minimum Gasteiger partial charge on any atom is -0.481 e. The summed E-state index contributed by atoms with van der Waals surface area (Å²) in [7, 11) is 0. The number of aliphatic carboxylic acids is 5. The molecule has 0 saturated heterocycles. The van der Waals surface area contributed by atoms with Gasteiger partial charge in [0.05, 0.1) is 57.9 Å². The van der Waals surface area contributed by atoms with Gasteiger partial charge in [0, 0.05) is 47.6 Å². The summed E-state index contributed by atoms with van der Waals surface area (Å²) in [4.78, 5) is 265. The zero-order chi connectivity index (χ0) is 87.1. The van der Waals surface area contributed by atoms with Gasteiger partial charge in [0.2, 0.25) is 82.7 Å². The highest BCUT2D eigenvalue weighted by molar-refractivity contribution is 6.05. The molecule has 0 bridgehead atoms. The van der Waals surface area contributed by atoms with E-state index in [1.54, 1.807) is 30.5 Å². The van der Waals surface area contributed by atoms with Gasteiger partial charge >= 0.3 is 29.8 Å². The number of carboxylic acid groups (broad SMARTS) is 5. The predicted octanol–water partition coefficient (Wildman–Crippen LogP) is -6.10. The monoisotopic (exact) mass is 1640 g/mol. The van der Waals surface area contributed by atoms with Gasteiger partial charge in [-0.15, -0.1) is 0 Å². The molecule has 0 aliphatic carbocycles. The van der Waals surface area contributed by atoms with Crippen molar-refractivity contribution >= 4 is 135 Å². The Morgan fingerprint density at radius 3 is 1.44 bits per heavy atom. The number of unbranched alkanes of at least 4 members (excludes halogenated alkanes) is 6. The summed E-state index contributed by atoms with van der Waals surface area (Å²) in [5.41, 5.74) is 18.1. The van der Waals surface area contributed by atoms with Gasteiger partial charge in [0.25, 0.3) is 0 Å². The molecule has 116 heavy (non-hydrogen) atoms. The lowest BCUT2D eigenvalue weighted by Gasteiger charge is -2.27. The quantitative estimate of drug-likeness (QED) is 0.0142. The number of aromatic amines is 1. The van der Waals surface area contributed by atoms with Crippen LogP contribution in [0.15, 0.2) is 54.7 Å². The zero-order valence-corrected chi connectivity index (χ0v) is 64.1. The van der Waals surface area contributed by atoms with Gasteiger partial charge in [-0.2, -0.15) is 0 Å². The third kappa shape index (κ3) is 34.7. The molecule has 2 aromatic carbocycles. The molecule has 1 heterocycles. The zero-order valence-electron chi connectivity index (χ0n) is 64.1. The van der Waals surface area contributed by atoms with Crippen molar-refractivity contribution < 1.29 is 132 Å². The number of rotatable bonds is 55. The van der Waals surface area contributed by atoms with E-state index in [0.29, 0.717) is 22.9 Å². The fourth-order valence-corrected chi connectivity index (χ4v) is 11.4. The van der Waals surface area contributed by atoms with E-state index in [-0.39, 0.29) is 43.5 Å². The first-order valence-electron chi connectivity index (χ1n) is 36.9. The number of Topliss-reactive ketones (excluding diaryl/α,β-unsaturated/α-hetero) is 1. The summed E-state index contributed by atoms with van der Waals surface area (Å²) in [6.07, 6.45) is -0.693. The van der Waals surface area contributed by atoms with Gasteiger partial charge in [0.1, 0.15) is 66.5 Å². The Kier molecular flexibility index (Phi) is 41.7. The Morgan fingerprint density at radius 2 is 0.897 bits per heavy atom. The minimum atomic E-state index is -2.13. The molecule has 14 amide bonds. The Morgan fingerprint density at radius 1 is 0.440 bits per heavy atom. The number of aliphatic hydroxyl groups is 2. The summed E-state index contributed by atoms with van der Waals surface area (Å²) in [6, 6.07) is -8.39. The fourth-order valence-electron chi connectivity index (χ4n) is 11.4. The topological polar surface area (TPSA) is 733 Å². The number of hydrogen-bond donors (Lipinski definition) is 24. The van der Waals surface area contributed by atoms with Crippen LogP contribution in [0.25, 0.3) is 10.9 Å². The standard InChI is InChI=1S/C72H103N17O27/c1-5-6-7-8-9-10-11-22-53(94)81-44(25-38-31-76-42-20-15-13-17-39(38)42)66(109)84-45(27-52(75)93)67(110)86-48(30-59(103)104)68(111)89-61(37(4)91)70(113)78-33-54(95)80-43(21-16-23-73)64(107)85-47(29-58(101)102)65(108)79-36(3)62(105)83-46(28-57(99)100)63(106)77-32-55(96)82-50(34-90)69(112)88-60(35(2)24-56(97)98)71(114)87-49(72(115)116)26-51(92)40-18-12-14-19-41(40)74/h12-15,17-20,31,35-37,43-50,60-61,76,90-91H,5-11,16,21-30,32-34,73-74H2,1-4H3,(H2,75,93)(H,77,106)(H,78,113)(H,79,108)(H,80,95)(H,81,94)(H,82,96)(H,83,105)(H,84,109)(H,85,107)(H,86,110)(H,87,114)(H,88,112)(H,89,111)(H,97,98)(H,99,100)(H,101,102)(H,103,104)(H,115,116)/t35-,36+,37+,43-,44-,45-,46-,47-,48-,49+,50+,60+,61+/m0/s1. The number of primary amides is 1. The van der Waals surface area contributed by atoms with E-state index in [0.717, 1.165) is 59.3 Å². The molecule has 0 unspecified atom stereocenters. The van der Waals surface area contributed by atoms with E-state index in [4.69, 9.17) is 17.2 Å². The molecule has 3 rings (SSSR count). The number of nitrogen functional groups attached to an aromatic ring is 1. The second kappa shape index (κ2) is 49.7. The van der Waals surface area contributed by atoms with Crippen LogP contribution in [-0.4, -0.2) is 258 Å². The lowest BCUT2D eigenvalue weighted by molar-refractivity contribution is -0.143. The molecule has 44 nitrogen and oxygen atoms in total. The number of amides is 14. The van der Waals surface area contributed by atoms with Crippen LogP contribution in [0.1, 0.15) is 146 Å². The van der Waals surface area contributed by atoms with Gasteiger partial charge in [-0.25, -0.2) is 4.79 Å². The van der Waals surface area contributed by atoms with Crippen molar-refractivity contribution in [3.05, 3.63) is 65.9 Å². The maximum atomic E-state index is 14.1. The first-order valence-corrected chi connectivity index (χ1v) is 36.9. The minimum absolute atomic E-state index is 0.0168. The normalized spacial score (nSPS) is 14.3. The summed E-state index contributed by atoms with van der Waals surface area (Å²) in [5.74, 6) is -27.9. The predicted molar refractivity (Wildman–Crippen MR) is 404 cm³/mol. The van der Waals surface area contributed by atoms with Crippen LogP contribution in [0.5, 0.6) is 0 Å². The summed E-state index contributed by atoms with van der Waals surface area (Å²) >= 11 is 0. The average molecular weight is 1640 g/mol. The Labute approximate surface area is 663 Å². The number of hydrogen-bond acceptors (Lipinski definition) is 24. The van der Waals surface area contributed by atoms with Gasteiger partial charge < -0.3 is 127 Å². The Balaban J connectivity index is 1.70. The van der Waals surface area contributed by atoms with Crippen LogP contribution in [0, 0.1) is 5.92 Å². The number of ketones is 1. The molecule has 0 spiro atoms. The molecule has 27 N–H and O–H groups in total. The molecular weight excluding hydrogens is 1530 g/mol. The third-order valence-corrected chi connectivity index (χ3v) is 17.6. The van der Waals surface area contributed by atoms with Crippen molar-refractivity contribution in [2.75, 3.05) is 32.0 Å². The van der Waals surface area contributed by atoms with Gasteiger partial charge in [0.15, 0.2) is 5.78 Å². The maximum Gasteiger partial charge on any atom is 0.326 e. The number of fused-ring (bicyclic) bond motifs is 1. The van der Waals surface area contributed by atoms with Crippen molar-refractivity contribution in [1.82, 2.24) is 74.1 Å². The molecule has 1 aromatic heterocycles. The van der Waals surface area contributed by atoms with E-state index < -0.39 is 255 Å². The number of aliphatic hydroxyl groups excluding tert-OH is 2. The Hall–Kier alpha value is -12.7. The molecule has 13 atom stereocenters. The molecule has 0 saturated carbocycles. The van der Waals surface area contributed by atoms with E-state index >= 15 is 0 Å². The largest absolute Gasteiger partial charge is 0.481 e. The van der Waals surface area contributed by atoms with Gasteiger partial charge in [-0.1, -0.05) is 82.7 Å². The molecule has 3 aromatic rings. The van der Waals surface area contributed by atoms with Crippen molar-refractivity contribution in [2.24, 2.45) is 17.4 Å². The highest BCUT2D eigenvalue weighted by Gasteiger charge is 2.39. The molecule has 44 heteroatoms. The van der Waals surface area contributed by atoms with Crippen LogP contribution in [0.3, 0.4) is 0 Å². The lowest BCUT2D eigenvalue weighted by atomic mass is 9.96. The molecule has 0 aliphatic heterocycles. The number of benzene rings is 2. The number of nitrogens with two attached hydrogens (primary N) is 3. The SMILES string of the molecule is CCCCCCCCCC(=O)N[C@@H](Cc1c[nH]c2ccccc12)C(=O)N[C@@H](CC(N)=O)C(=O)N[C@@H](CC(=O)O)C(=O)N[C@@H](C(=O)NCC(=O)N[C@@H](CCCN)C(=O)N[C@@H](CC(=O)O)C(=O)N[C@H](C)C(=O)N[C@@H](CC(=O)O)C(=O)NCC(=O)N[C@H](CO)C(=O)N[C@@H](C(=O)N[C@H](CC(=O)c1ccccc1N)C(=O)O)[C@@H](C)CC(=O)O)[C@@H](C)O. The second-order valence-corrected chi connectivity index (χ2v) is 27.2. The number of carboxylic acids is 5. The molecule has 0 fully saturated rings. The average Bonchev–Trinajstić information content (AvgIpc) is 1.68. The van der Waals surface area contributed by atoms with Crippen LogP contribution in [0.4, 0.5) is 5.69 Å². The summed E-state index contributed by atoms with van der Waals surface area (Å²) in [6.45, 7) is 1.60. The number of H-pyrrole nitrogens is 1. The molecule has 0 radical (unpaired) electrons. The molecule has 638 valence electrons. The molecule has 0 aliphatic rings. The third-order valence-electron chi connectivity index (χ3n) is 17.6. The Bertz CT molecular complexity index is 4020. The van der Waals surface area contributed by atoms with E-state index in [1.165, 1.54) is 24.3 Å². The fraction of sp³-hybridized carbons (Fsp3) is 0.528. The first kappa shape index (κ1) is 97.5. The number of carbonyl (C=O) groups is 20. The van der Waals surface area contributed by atoms with Crippen molar-refractivity contribution in [2.45, 2.75) is 209 Å². The van der Waals surface area contributed by atoms with Crippen molar-refractivity contribution in [1.29, 1.82) is 0 Å². The van der Waals surface area contributed by atoms with E-state index in [1.807, 2.05) is 16.0 Å². The van der Waals surface area contributed by atoms with Crippen molar-refractivity contribution in [3.8, 4) is 0 Å². The number of para-hydroxylation sites is 2. The van der Waals surface area contributed by atoms with Crippen LogP contribution in [-0.2, 0) is 97.5 Å². The van der Waals surface area contributed by atoms with Gasteiger partial charge in [-0.3, -0.25) is 91.1 Å². The first-order chi connectivity index (χ1) is 54.7. The summed E-state index contributed by atoms with van der Waals surface area (Å²) in [5, 5.41) is 97.9. The summed E-state index contributed by atoms with van der Waals surface area (Å²) < 4.78 is 0. The maximum absolute atomic E-state index is 14.1. The highest BCUT2D eigenvalue weighted by atomic mass is 16.4. The van der Waals surface area contributed by atoms with Gasteiger partial charge in [-0.05, 0) is 69.3 Å². The van der Waals surface area contributed by atoms with E-state index in [2.05, 4.69) is 65.1 Å². The van der Waals surface area contributed by atoms with E-state index in [9.17, 15) is 132 Å². The van der Waals surface area contributed by atoms with Crippen LogP contribution < -0.4 is 86.3 Å².